The third-order valence-electron chi connectivity index (χ3n) is 6.59. The highest BCUT2D eigenvalue weighted by molar-refractivity contribution is 5.92. The molecule has 8 nitrogen and oxygen atoms in total. The van der Waals surface area contributed by atoms with E-state index in [1.807, 2.05) is 32.2 Å². The number of H-pyrrole nitrogens is 1. The number of halogens is 2. The highest BCUT2D eigenvalue weighted by Crippen LogP contribution is 2.32. The van der Waals surface area contributed by atoms with E-state index in [0.717, 1.165) is 36.1 Å². The number of nitrogens with zero attached hydrogens (tertiary/aromatic N) is 2. The maximum Gasteiger partial charge on any atom is 0.345 e. The Labute approximate surface area is 210 Å². The van der Waals surface area contributed by atoms with E-state index in [1.54, 1.807) is 0 Å². The predicted molar refractivity (Wildman–Crippen MR) is 139 cm³/mol. The minimum Gasteiger partial charge on any atom is -0.506 e. The molecular formula is C24H32Cl2N4O4. The summed E-state index contributed by atoms with van der Waals surface area (Å²) in [5.41, 5.74) is 2.49. The number of hydrogen-bond acceptors (Lipinski definition) is 5. The van der Waals surface area contributed by atoms with Crippen molar-refractivity contribution < 1.29 is 15.0 Å². The van der Waals surface area contributed by atoms with Crippen molar-refractivity contribution in [2.45, 2.75) is 38.8 Å². The van der Waals surface area contributed by atoms with Crippen LogP contribution < -0.4 is 10.9 Å². The fourth-order valence-electron chi connectivity index (χ4n) is 4.80. The molecule has 3 aromatic rings. The molecule has 1 aliphatic heterocycles. The fraction of sp³-hybridized carbons (Fsp3) is 0.417. The number of aryl methyl sites for hydroxylation is 1. The highest BCUT2D eigenvalue weighted by Gasteiger charge is 2.23. The second-order valence-corrected chi connectivity index (χ2v) is 8.52. The molecule has 0 spiro atoms. The number of fused-ring (bicyclic) bond motifs is 1. The number of rotatable bonds is 6. The van der Waals surface area contributed by atoms with Crippen LogP contribution in [0, 0.1) is 0 Å². The largest absolute Gasteiger partial charge is 0.506 e. The van der Waals surface area contributed by atoms with Crippen LogP contribution in [-0.4, -0.2) is 56.8 Å². The molecule has 34 heavy (non-hydrogen) atoms. The number of aromatic hydroxyl groups is 1. The minimum atomic E-state index is -1.44. The van der Waals surface area contributed by atoms with Gasteiger partial charge in [-0.05, 0) is 56.6 Å². The Morgan fingerprint density at radius 3 is 2.65 bits per heavy atom. The van der Waals surface area contributed by atoms with Gasteiger partial charge in [0, 0.05) is 48.3 Å². The van der Waals surface area contributed by atoms with Gasteiger partial charge in [-0.15, -0.1) is 24.8 Å². The lowest BCUT2D eigenvalue weighted by Crippen LogP contribution is -2.44. The molecule has 3 heterocycles. The zero-order valence-corrected chi connectivity index (χ0v) is 21.2. The van der Waals surface area contributed by atoms with Gasteiger partial charge >= 0.3 is 5.97 Å². The van der Waals surface area contributed by atoms with E-state index >= 15 is 0 Å². The van der Waals surface area contributed by atoms with E-state index in [1.165, 1.54) is 18.5 Å². The normalized spacial score (nSPS) is 16.1. The van der Waals surface area contributed by atoms with E-state index in [-0.39, 0.29) is 24.8 Å². The summed E-state index contributed by atoms with van der Waals surface area (Å²) in [4.78, 5) is 28.9. The van der Waals surface area contributed by atoms with Gasteiger partial charge in [0.25, 0.3) is 5.56 Å². The lowest BCUT2D eigenvalue weighted by molar-refractivity contribution is 0.0691. The van der Waals surface area contributed by atoms with Gasteiger partial charge in [-0.1, -0.05) is 13.0 Å². The Morgan fingerprint density at radius 1 is 1.26 bits per heavy atom. The van der Waals surface area contributed by atoms with E-state index in [9.17, 15) is 19.8 Å². The van der Waals surface area contributed by atoms with Crippen molar-refractivity contribution in [1.29, 1.82) is 0 Å². The second kappa shape index (κ2) is 11.3. The SMILES string of the molecule is CCc1c(-c2ccc3c(c2)cc(CN2CCC[C@H](NC)C2)n3C)[nH]c(=O)c(C(=O)O)c1O.Cl.Cl. The van der Waals surface area contributed by atoms with Crippen LogP contribution in [0.25, 0.3) is 22.2 Å². The van der Waals surface area contributed by atoms with Crippen LogP contribution >= 0.6 is 24.8 Å². The molecule has 1 aliphatic rings. The van der Waals surface area contributed by atoms with Crippen molar-refractivity contribution in [3.8, 4) is 17.0 Å². The summed E-state index contributed by atoms with van der Waals surface area (Å²) in [6.07, 6.45) is 2.78. The molecule has 1 atom stereocenters. The zero-order chi connectivity index (χ0) is 23.0. The Morgan fingerprint density at radius 2 is 2.00 bits per heavy atom. The van der Waals surface area contributed by atoms with Crippen LogP contribution in [0.3, 0.4) is 0 Å². The topological polar surface area (TPSA) is 111 Å². The number of carbonyl (C=O) groups is 1. The summed E-state index contributed by atoms with van der Waals surface area (Å²) in [5, 5.41) is 24.1. The maximum atomic E-state index is 12.3. The van der Waals surface area contributed by atoms with E-state index in [0.29, 0.717) is 23.7 Å². The third-order valence-corrected chi connectivity index (χ3v) is 6.59. The van der Waals surface area contributed by atoms with Crippen LogP contribution in [0.15, 0.2) is 29.1 Å². The predicted octanol–water partition coefficient (Wildman–Crippen LogP) is 3.53. The van der Waals surface area contributed by atoms with Gasteiger partial charge in [0.15, 0.2) is 5.56 Å². The van der Waals surface area contributed by atoms with E-state index in [4.69, 9.17) is 0 Å². The van der Waals surface area contributed by atoms with Crippen LogP contribution in [0.5, 0.6) is 5.75 Å². The number of likely N-dealkylation sites (N-methyl/N-ethyl adjacent to an activating group) is 1. The van der Waals surface area contributed by atoms with Crippen molar-refractivity contribution in [3.05, 3.63) is 51.4 Å². The molecule has 2 aromatic heterocycles. The molecule has 4 rings (SSSR count). The summed E-state index contributed by atoms with van der Waals surface area (Å²) in [5.74, 6) is -1.90. The molecule has 186 valence electrons. The van der Waals surface area contributed by atoms with Crippen LogP contribution in [0.1, 0.15) is 41.4 Å². The molecule has 4 N–H and O–H groups in total. The van der Waals surface area contributed by atoms with Crippen molar-refractivity contribution in [1.82, 2.24) is 19.8 Å². The molecule has 1 aromatic carbocycles. The number of carboxylic acids is 1. The fourth-order valence-corrected chi connectivity index (χ4v) is 4.80. The lowest BCUT2D eigenvalue weighted by Gasteiger charge is -2.32. The number of likely N-dealkylation sites (tertiary alicyclic amines) is 1. The molecule has 0 amide bonds. The highest BCUT2D eigenvalue weighted by atomic mass is 35.5. The molecule has 10 heteroatoms. The molecule has 1 fully saturated rings. The van der Waals surface area contributed by atoms with Crippen molar-refractivity contribution in [2.75, 3.05) is 20.1 Å². The lowest BCUT2D eigenvalue weighted by atomic mass is 9.99. The number of nitrogens with one attached hydrogen (secondary N) is 2. The molecule has 0 aliphatic carbocycles. The van der Waals surface area contributed by atoms with Gasteiger partial charge in [-0.2, -0.15) is 0 Å². The number of aromatic carboxylic acids is 1. The van der Waals surface area contributed by atoms with E-state index in [2.05, 4.69) is 32.9 Å². The van der Waals surface area contributed by atoms with Gasteiger partial charge in [0.2, 0.25) is 0 Å². The first-order valence-electron chi connectivity index (χ1n) is 11.0. The summed E-state index contributed by atoms with van der Waals surface area (Å²) in [6, 6.07) is 8.57. The number of pyridine rings is 1. The number of aromatic amines is 1. The number of carboxylic acid groups (broad SMARTS) is 1. The molecule has 0 unspecified atom stereocenters. The smallest absolute Gasteiger partial charge is 0.345 e. The molecule has 0 saturated carbocycles. The number of aromatic nitrogens is 2. The van der Waals surface area contributed by atoms with Gasteiger partial charge in [-0.3, -0.25) is 9.69 Å². The first-order chi connectivity index (χ1) is 15.3. The van der Waals surface area contributed by atoms with Crippen molar-refractivity contribution in [3.63, 3.8) is 0 Å². The number of piperidine rings is 1. The molecule has 0 bridgehead atoms. The Bertz CT molecular complexity index is 1240. The van der Waals surface area contributed by atoms with Gasteiger partial charge in [-0.25, -0.2) is 4.79 Å². The summed E-state index contributed by atoms with van der Waals surface area (Å²) in [6.45, 7) is 4.79. The van der Waals surface area contributed by atoms with Crippen molar-refractivity contribution >= 4 is 41.7 Å². The minimum absolute atomic E-state index is 0. The molecule has 0 radical (unpaired) electrons. The zero-order valence-electron chi connectivity index (χ0n) is 19.6. The summed E-state index contributed by atoms with van der Waals surface area (Å²) in [7, 11) is 4.08. The number of hydrogen-bond donors (Lipinski definition) is 4. The standard InChI is InChI=1S/C24H30N4O4.2ClH/c1-4-18-21(26-23(30)20(22(18)29)24(31)32)14-7-8-19-15(10-14)11-17(27(19)3)13-28-9-5-6-16(12-28)25-2;;/h7-8,10-11,16,25H,4-6,9,12-13H2,1-3H3,(H,31,32)(H2,26,29,30);2*1H/t16-;;/m0../s1. The summed E-state index contributed by atoms with van der Waals surface area (Å²) < 4.78 is 2.19. The molecular weight excluding hydrogens is 479 g/mol. The average Bonchev–Trinajstić information content (AvgIpc) is 3.07. The third kappa shape index (κ3) is 5.10. The molecule has 1 saturated heterocycles. The van der Waals surface area contributed by atoms with Crippen molar-refractivity contribution in [2.24, 2.45) is 7.05 Å². The number of benzene rings is 1. The van der Waals surface area contributed by atoms with Gasteiger partial charge < -0.3 is 25.1 Å². The second-order valence-electron chi connectivity index (χ2n) is 8.52. The monoisotopic (exact) mass is 510 g/mol. The van der Waals surface area contributed by atoms with Crippen LogP contribution in [0.2, 0.25) is 0 Å². The van der Waals surface area contributed by atoms with Crippen LogP contribution in [-0.2, 0) is 20.0 Å². The Kier molecular flexibility index (Phi) is 9.19. The first-order valence-corrected chi connectivity index (χ1v) is 11.0. The van der Waals surface area contributed by atoms with Crippen LogP contribution in [0.4, 0.5) is 0 Å². The average molecular weight is 511 g/mol. The summed E-state index contributed by atoms with van der Waals surface area (Å²) >= 11 is 0. The van der Waals surface area contributed by atoms with Gasteiger partial charge in [0.05, 0.1) is 5.69 Å². The first kappa shape index (κ1) is 27.7. The van der Waals surface area contributed by atoms with E-state index < -0.39 is 22.8 Å². The Hall–Kier alpha value is -2.52. The van der Waals surface area contributed by atoms with Gasteiger partial charge in [0.1, 0.15) is 5.75 Å². The maximum absolute atomic E-state index is 12.3. The quantitative estimate of drug-likeness (QED) is 0.403. The Balaban J connectivity index is 0.00000204.